The molecule has 0 bridgehead atoms. The van der Waals surface area contributed by atoms with Crippen molar-refractivity contribution in [2.75, 3.05) is 27.3 Å². The molecule has 5 heteroatoms. The van der Waals surface area contributed by atoms with E-state index in [1.165, 1.54) is 0 Å². The molecule has 0 saturated carbocycles. The molecule has 1 aliphatic heterocycles. The van der Waals surface area contributed by atoms with Gasteiger partial charge in [0.1, 0.15) is 0 Å². The smallest absolute Gasteiger partial charge is 0.179 e. The zero-order valence-corrected chi connectivity index (χ0v) is 13.1. The van der Waals surface area contributed by atoms with E-state index >= 15 is 0 Å². The van der Waals surface area contributed by atoms with Crippen molar-refractivity contribution in [2.24, 2.45) is 5.73 Å². The average molecular weight is 299 g/mol. The van der Waals surface area contributed by atoms with E-state index in [1.54, 1.807) is 14.2 Å². The van der Waals surface area contributed by atoms with Crippen molar-refractivity contribution < 1.29 is 9.47 Å². The summed E-state index contributed by atoms with van der Waals surface area (Å²) in [6.07, 6.45) is 2.16. The maximum atomic E-state index is 6.53. The van der Waals surface area contributed by atoms with Crippen molar-refractivity contribution in [1.29, 1.82) is 0 Å². The molecule has 0 aliphatic carbocycles. The fourth-order valence-corrected chi connectivity index (χ4v) is 3.36. The third-order valence-corrected chi connectivity index (χ3v) is 4.41. The first-order valence-corrected chi connectivity index (χ1v) is 7.41. The second-order valence-electron chi connectivity index (χ2n) is 5.08. The molecule has 1 aromatic carbocycles. The van der Waals surface area contributed by atoms with E-state index in [0.717, 1.165) is 31.5 Å². The Morgan fingerprint density at radius 2 is 2.10 bits per heavy atom. The summed E-state index contributed by atoms with van der Waals surface area (Å²) >= 11 is 6.53. The largest absolute Gasteiger partial charge is 0.493 e. The highest BCUT2D eigenvalue weighted by Gasteiger charge is 2.32. The van der Waals surface area contributed by atoms with Crippen LogP contribution in [0.3, 0.4) is 0 Å². The minimum absolute atomic E-state index is 0.0966. The summed E-state index contributed by atoms with van der Waals surface area (Å²) in [6, 6.07) is 4.14. The molecule has 20 heavy (non-hydrogen) atoms. The van der Waals surface area contributed by atoms with Crippen LogP contribution in [0, 0.1) is 0 Å². The van der Waals surface area contributed by atoms with E-state index in [2.05, 4.69) is 11.8 Å². The molecule has 4 nitrogen and oxygen atoms in total. The molecule has 0 radical (unpaired) electrons. The van der Waals surface area contributed by atoms with Crippen molar-refractivity contribution in [1.82, 2.24) is 4.90 Å². The second kappa shape index (κ2) is 6.66. The Bertz CT molecular complexity index is 467. The summed E-state index contributed by atoms with van der Waals surface area (Å²) in [4.78, 5) is 2.38. The molecule has 1 heterocycles. The molecule has 1 fully saturated rings. The van der Waals surface area contributed by atoms with Gasteiger partial charge < -0.3 is 15.2 Å². The van der Waals surface area contributed by atoms with Crippen LogP contribution in [-0.2, 0) is 0 Å². The summed E-state index contributed by atoms with van der Waals surface area (Å²) in [6.45, 7) is 4.17. The summed E-state index contributed by atoms with van der Waals surface area (Å²) in [7, 11) is 3.21. The van der Waals surface area contributed by atoms with E-state index in [9.17, 15) is 0 Å². The number of halogens is 1. The Hall–Kier alpha value is -0.970. The summed E-state index contributed by atoms with van der Waals surface area (Å²) < 4.78 is 10.7. The van der Waals surface area contributed by atoms with Crippen LogP contribution in [0.5, 0.6) is 11.5 Å². The van der Waals surface area contributed by atoms with Crippen LogP contribution in [0.25, 0.3) is 0 Å². The fraction of sp³-hybridized carbons (Fsp3) is 0.600. The van der Waals surface area contributed by atoms with E-state index in [0.29, 0.717) is 16.5 Å². The van der Waals surface area contributed by atoms with E-state index in [4.69, 9.17) is 26.8 Å². The predicted octanol–water partition coefficient (Wildman–Crippen LogP) is 2.84. The lowest BCUT2D eigenvalue weighted by molar-refractivity contribution is 0.135. The number of hydrogen-bond acceptors (Lipinski definition) is 4. The van der Waals surface area contributed by atoms with Crippen LogP contribution in [0.4, 0.5) is 0 Å². The van der Waals surface area contributed by atoms with Gasteiger partial charge >= 0.3 is 0 Å². The highest BCUT2D eigenvalue weighted by atomic mass is 35.5. The fourth-order valence-electron chi connectivity index (χ4n) is 3.01. The Balaban J connectivity index is 2.45. The van der Waals surface area contributed by atoms with Gasteiger partial charge in [-0.2, -0.15) is 0 Å². The van der Waals surface area contributed by atoms with Crippen molar-refractivity contribution in [3.63, 3.8) is 0 Å². The zero-order chi connectivity index (χ0) is 14.7. The zero-order valence-electron chi connectivity index (χ0n) is 12.4. The number of ether oxygens (including phenoxy) is 2. The number of likely N-dealkylation sites (tertiary alicyclic amines) is 1. The average Bonchev–Trinajstić information content (AvgIpc) is 2.47. The van der Waals surface area contributed by atoms with Crippen molar-refractivity contribution in [3.8, 4) is 11.5 Å². The number of methoxy groups -OCH3 is 2. The number of hydrogen-bond donors (Lipinski definition) is 1. The van der Waals surface area contributed by atoms with Crippen LogP contribution in [-0.4, -0.2) is 38.3 Å². The second-order valence-corrected chi connectivity index (χ2v) is 5.46. The van der Waals surface area contributed by atoms with Gasteiger partial charge in [-0.1, -0.05) is 24.6 Å². The Kier molecular flexibility index (Phi) is 5.13. The molecule has 0 amide bonds. The summed E-state index contributed by atoms with van der Waals surface area (Å²) in [5.41, 5.74) is 7.36. The van der Waals surface area contributed by atoms with Gasteiger partial charge in [0.05, 0.1) is 25.3 Å². The van der Waals surface area contributed by atoms with Gasteiger partial charge in [-0.15, -0.1) is 0 Å². The number of benzene rings is 1. The lowest BCUT2D eigenvalue weighted by Crippen LogP contribution is -2.45. The van der Waals surface area contributed by atoms with Crippen molar-refractivity contribution in [2.45, 2.75) is 31.8 Å². The van der Waals surface area contributed by atoms with E-state index in [-0.39, 0.29) is 12.1 Å². The van der Waals surface area contributed by atoms with Gasteiger partial charge in [0, 0.05) is 6.04 Å². The Morgan fingerprint density at radius 3 is 2.70 bits per heavy atom. The van der Waals surface area contributed by atoms with Crippen molar-refractivity contribution in [3.05, 3.63) is 22.7 Å². The first-order chi connectivity index (χ1) is 9.63. The normalized spacial score (nSPS) is 23.6. The molecule has 1 aromatic rings. The first-order valence-electron chi connectivity index (χ1n) is 7.04. The minimum atomic E-state index is 0.0966. The molecule has 0 aromatic heterocycles. The summed E-state index contributed by atoms with van der Waals surface area (Å²) in [5, 5.41) is 0.604. The lowest BCUT2D eigenvalue weighted by Gasteiger charge is -2.40. The maximum Gasteiger partial charge on any atom is 0.179 e. The van der Waals surface area contributed by atoms with Gasteiger partial charge in [0.2, 0.25) is 0 Å². The van der Waals surface area contributed by atoms with Gasteiger partial charge in [0.15, 0.2) is 11.5 Å². The Labute approximate surface area is 125 Å². The quantitative estimate of drug-likeness (QED) is 0.928. The molecular formula is C15H23ClN2O2. The predicted molar refractivity (Wildman–Crippen MR) is 81.8 cm³/mol. The number of piperidine rings is 1. The molecule has 2 rings (SSSR count). The highest BCUT2D eigenvalue weighted by molar-refractivity contribution is 6.33. The van der Waals surface area contributed by atoms with E-state index < -0.39 is 0 Å². The minimum Gasteiger partial charge on any atom is -0.493 e. The Morgan fingerprint density at radius 1 is 1.35 bits per heavy atom. The highest BCUT2D eigenvalue weighted by Crippen LogP contribution is 2.42. The molecule has 1 aliphatic rings. The number of likely N-dealkylation sites (N-methyl/N-ethyl adjacent to an activating group) is 1. The third-order valence-electron chi connectivity index (χ3n) is 4.02. The van der Waals surface area contributed by atoms with E-state index in [1.807, 2.05) is 12.1 Å². The van der Waals surface area contributed by atoms with Crippen molar-refractivity contribution >= 4 is 11.6 Å². The maximum absolute atomic E-state index is 6.53. The van der Waals surface area contributed by atoms with Crippen LogP contribution >= 0.6 is 11.6 Å². The molecule has 0 spiro atoms. The van der Waals surface area contributed by atoms with Gasteiger partial charge in [-0.05, 0) is 37.6 Å². The molecule has 2 N–H and O–H groups in total. The molecular weight excluding hydrogens is 276 g/mol. The van der Waals surface area contributed by atoms with Crippen LogP contribution in [0.15, 0.2) is 12.1 Å². The van der Waals surface area contributed by atoms with Gasteiger partial charge in [-0.25, -0.2) is 0 Å². The standard InChI is InChI=1S/C15H23ClN2O2/c1-4-18-9-5-6-11(17)14(18)10-7-8-12(19-2)15(20-3)13(10)16/h7-8,11,14H,4-6,9,17H2,1-3H3. The monoisotopic (exact) mass is 298 g/mol. The van der Waals surface area contributed by atoms with Crippen LogP contribution in [0.1, 0.15) is 31.4 Å². The number of nitrogens with zero attached hydrogens (tertiary/aromatic N) is 1. The topological polar surface area (TPSA) is 47.7 Å². The molecule has 2 atom stereocenters. The van der Waals surface area contributed by atoms with Gasteiger partial charge in [0.25, 0.3) is 0 Å². The SMILES string of the molecule is CCN1CCCC(N)C1c1ccc(OC)c(OC)c1Cl. The third kappa shape index (κ3) is 2.73. The molecule has 112 valence electrons. The van der Waals surface area contributed by atoms with Gasteiger partial charge in [-0.3, -0.25) is 4.90 Å². The lowest BCUT2D eigenvalue weighted by atomic mass is 9.90. The first kappa shape index (κ1) is 15.4. The molecule has 1 saturated heterocycles. The molecule has 2 unspecified atom stereocenters. The van der Waals surface area contributed by atoms with Crippen LogP contribution < -0.4 is 15.2 Å². The number of nitrogens with two attached hydrogens (primary N) is 1. The van der Waals surface area contributed by atoms with Crippen LogP contribution in [0.2, 0.25) is 5.02 Å². The number of rotatable bonds is 4. The summed E-state index contributed by atoms with van der Waals surface area (Å²) in [5.74, 6) is 1.23.